The number of amides is 1. The molecule has 0 aliphatic rings. The Labute approximate surface area is 96.0 Å². The van der Waals surface area contributed by atoms with Gasteiger partial charge in [0.25, 0.3) is 0 Å². The van der Waals surface area contributed by atoms with Crippen LogP contribution in [-0.4, -0.2) is 32.2 Å². The van der Waals surface area contributed by atoms with Crippen molar-refractivity contribution in [2.45, 2.75) is 6.92 Å². The molecular formula is C12H18N2O2. The molecule has 0 radical (unpaired) electrons. The quantitative estimate of drug-likeness (QED) is 0.683. The number of carbonyl (C=O) groups is 1. The zero-order valence-corrected chi connectivity index (χ0v) is 9.53. The lowest BCUT2D eigenvalue weighted by Gasteiger charge is -2.07. The van der Waals surface area contributed by atoms with E-state index >= 15 is 0 Å². The lowest BCUT2D eigenvalue weighted by Crippen LogP contribution is -2.31. The molecule has 2 N–H and O–H groups in total. The van der Waals surface area contributed by atoms with Crippen LogP contribution in [-0.2, 0) is 9.53 Å². The second-order valence-corrected chi connectivity index (χ2v) is 3.28. The van der Waals surface area contributed by atoms with Crippen LogP contribution in [0, 0.1) is 0 Å². The van der Waals surface area contributed by atoms with E-state index in [4.69, 9.17) is 4.74 Å². The average molecular weight is 222 g/mol. The number of nitrogens with one attached hydrogen (secondary N) is 2. The maximum absolute atomic E-state index is 11.1. The van der Waals surface area contributed by atoms with Gasteiger partial charge in [-0.15, -0.1) is 0 Å². The number of anilines is 1. The summed E-state index contributed by atoms with van der Waals surface area (Å²) in [7, 11) is 0. The van der Waals surface area contributed by atoms with Gasteiger partial charge in [-0.05, 0) is 19.1 Å². The van der Waals surface area contributed by atoms with Crippen molar-refractivity contribution in [3.05, 3.63) is 30.3 Å². The fourth-order valence-electron chi connectivity index (χ4n) is 1.21. The largest absolute Gasteiger partial charge is 0.383 e. The molecule has 16 heavy (non-hydrogen) atoms. The molecule has 1 aromatic carbocycles. The minimum atomic E-state index is -0.0725. The molecule has 4 heteroatoms. The van der Waals surface area contributed by atoms with Crippen LogP contribution >= 0.6 is 0 Å². The maximum Gasteiger partial charge on any atom is 0.246 e. The van der Waals surface area contributed by atoms with Gasteiger partial charge < -0.3 is 15.4 Å². The molecule has 0 bridgehead atoms. The highest BCUT2D eigenvalue weighted by Gasteiger charge is 1.98. The molecule has 1 amide bonds. The summed E-state index contributed by atoms with van der Waals surface area (Å²) < 4.78 is 4.98. The van der Waals surface area contributed by atoms with Crippen LogP contribution in [0.5, 0.6) is 0 Å². The van der Waals surface area contributed by atoms with E-state index in [1.165, 1.54) is 0 Å². The Kier molecular flexibility index (Phi) is 6.03. The second kappa shape index (κ2) is 7.70. The van der Waals surface area contributed by atoms with Gasteiger partial charge in [-0.3, -0.25) is 4.79 Å². The smallest absolute Gasteiger partial charge is 0.246 e. The van der Waals surface area contributed by atoms with Gasteiger partial charge in [0, 0.05) is 25.4 Å². The summed E-state index contributed by atoms with van der Waals surface area (Å²) in [6, 6.07) is 9.88. The van der Waals surface area contributed by atoms with Crippen molar-refractivity contribution >= 4 is 11.6 Å². The zero-order chi connectivity index (χ0) is 11.6. The molecule has 0 aliphatic heterocycles. The van der Waals surface area contributed by atoms with Gasteiger partial charge in [-0.2, -0.15) is 0 Å². The first-order valence-corrected chi connectivity index (χ1v) is 5.46. The van der Waals surface area contributed by atoms with Gasteiger partial charge in [0.1, 0.15) is 6.61 Å². The third kappa shape index (κ3) is 5.36. The molecule has 0 aromatic heterocycles. The van der Waals surface area contributed by atoms with E-state index in [9.17, 15) is 4.79 Å². The zero-order valence-electron chi connectivity index (χ0n) is 9.53. The topological polar surface area (TPSA) is 50.4 Å². The summed E-state index contributed by atoms with van der Waals surface area (Å²) in [5.41, 5.74) is 1.06. The van der Waals surface area contributed by atoms with Gasteiger partial charge in [0.2, 0.25) is 5.91 Å². The van der Waals surface area contributed by atoms with Gasteiger partial charge in [-0.25, -0.2) is 0 Å². The van der Waals surface area contributed by atoms with Crippen molar-refractivity contribution in [3.63, 3.8) is 0 Å². The van der Waals surface area contributed by atoms with Gasteiger partial charge in [-0.1, -0.05) is 18.2 Å². The molecule has 88 valence electrons. The first kappa shape index (κ1) is 12.5. The Morgan fingerprint density at radius 3 is 2.69 bits per heavy atom. The number of hydrogen-bond acceptors (Lipinski definition) is 3. The molecule has 0 saturated carbocycles. The maximum atomic E-state index is 11.1. The minimum absolute atomic E-state index is 0.0725. The monoisotopic (exact) mass is 222 g/mol. The molecule has 0 atom stereocenters. The highest BCUT2D eigenvalue weighted by Crippen LogP contribution is 2.03. The van der Waals surface area contributed by atoms with Crippen molar-refractivity contribution < 1.29 is 9.53 Å². The van der Waals surface area contributed by atoms with E-state index in [2.05, 4.69) is 10.6 Å². The van der Waals surface area contributed by atoms with Crippen LogP contribution in [0.1, 0.15) is 6.92 Å². The van der Waals surface area contributed by atoms with Crippen molar-refractivity contribution in [1.82, 2.24) is 5.32 Å². The molecule has 0 fully saturated rings. The van der Waals surface area contributed by atoms with E-state index < -0.39 is 0 Å². The predicted molar refractivity (Wildman–Crippen MR) is 64.4 cm³/mol. The van der Waals surface area contributed by atoms with E-state index in [1.54, 1.807) is 0 Å². The Morgan fingerprint density at radius 2 is 2.00 bits per heavy atom. The average Bonchev–Trinajstić information content (AvgIpc) is 2.33. The summed E-state index contributed by atoms with van der Waals surface area (Å²) in [5, 5.41) is 5.96. The lowest BCUT2D eigenvalue weighted by atomic mass is 10.3. The van der Waals surface area contributed by atoms with Crippen molar-refractivity contribution in [1.29, 1.82) is 0 Å². The summed E-state index contributed by atoms with van der Waals surface area (Å²) in [5.74, 6) is -0.0725. The summed E-state index contributed by atoms with van der Waals surface area (Å²) >= 11 is 0. The molecule has 0 unspecified atom stereocenters. The number of ether oxygens (including phenoxy) is 1. The van der Waals surface area contributed by atoms with Crippen LogP contribution in [0.4, 0.5) is 5.69 Å². The van der Waals surface area contributed by atoms with Gasteiger partial charge >= 0.3 is 0 Å². The number of para-hydroxylation sites is 1. The van der Waals surface area contributed by atoms with E-state index in [1.807, 2.05) is 37.3 Å². The molecule has 0 spiro atoms. The minimum Gasteiger partial charge on any atom is -0.383 e. The normalized spacial score (nSPS) is 9.81. The second-order valence-electron chi connectivity index (χ2n) is 3.28. The predicted octanol–water partition coefficient (Wildman–Crippen LogP) is 1.25. The highest BCUT2D eigenvalue weighted by molar-refractivity contribution is 5.77. The molecule has 1 aromatic rings. The van der Waals surface area contributed by atoms with E-state index in [0.29, 0.717) is 19.7 Å². The van der Waals surface area contributed by atoms with Crippen molar-refractivity contribution in [2.24, 2.45) is 0 Å². The fourth-order valence-corrected chi connectivity index (χ4v) is 1.21. The van der Waals surface area contributed by atoms with Crippen LogP contribution < -0.4 is 10.6 Å². The van der Waals surface area contributed by atoms with Crippen molar-refractivity contribution in [3.8, 4) is 0 Å². The number of rotatable bonds is 7. The molecule has 1 rings (SSSR count). The van der Waals surface area contributed by atoms with Crippen molar-refractivity contribution in [2.75, 3.05) is 31.6 Å². The third-order valence-corrected chi connectivity index (χ3v) is 1.99. The van der Waals surface area contributed by atoms with Crippen LogP contribution in [0.3, 0.4) is 0 Å². The highest BCUT2D eigenvalue weighted by atomic mass is 16.5. The Balaban J connectivity index is 2.06. The Hall–Kier alpha value is -1.55. The summed E-state index contributed by atoms with van der Waals surface area (Å²) in [4.78, 5) is 11.1. The van der Waals surface area contributed by atoms with Gasteiger partial charge in [0.15, 0.2) is 0 Å². The molecule has 0 saturated heterocycles. The van der Waals surface area contributed by atoms with Crippen LogP contribution in [0.25, 0.3) is 0 Å². The molecule has 0 heterocycles. The Bertz CT molecular complexity index is 301. The third-order valence-electron chi connectivity index (χ3n) is 1.99. The number of hydrogen-bond donors (Lipinski definition) is 2. The van der Waals surface area contributed by atoms with Gasteiger partial charge in [0.05, 0.1) is 0 Å². The van der Waals surface area contributed by atoms with Crippen LogP contribution in [0.15, 0.2) is 30.3 Å². The van der Waals surface area contributed by atoms with E-state index in [-0.39, 0.29) is 12.5 Å². The summed E-state index contributed by atoms with van der Waals surface area (Å²) in [6.45, 7) is 3.88. The Morgan fingerprint density at radius 1 is 1.25 bits per heavy atom. The molecule has 0 aliphatic carbocycles. The fraction of sp³-hybridized carbons (Fsp3) is 0.417. The van der Waals surface area contributed by atoms with E-state index in [0.717, 1.165) is 5.69 Å². The first-order valence-electron chi connectivity index (χ1n) is 5.46. The SMILES string of the molecule is CCOCC(=O)NCCNc1ccccc1. The molecule has 4 nitrogen and oxygen atoms in total. The first-order chi connectivity index (χ1) is 7.83. The van der Waals surface area contributed by atoms with Crippen LogP contribution in [0.2, 0.25) is 0 Å². The standard InChI is InChI=1S/C12H18N2O2/c1-2-16-10-12(15)14-9-8-13-11-6-4-3-5-7-11/h3-7,13H,2,8-10H2,1H3,(H,14,15). The molecular weight excluding hydrogens is 204 g/mol. The number of benzene rings is 1. The summed E-state index contributed by atoms with van der Waals surface area (Å²) in [6.07, 6.45) is 0. The lowest BCUT2D eigenvalue weighted by molar-refractivity contribution is -0.125. The number of carbonyl (C=O) groups excluding carboxylic acids is 1.